The van der Waals surface area contributed by atoms with Crippen LogP contribution in [0.2, 0.25) is 5.02 Å². The molecule has 12 nitrogen and oxygen atoms in total. The van der Waals surface area contributed by atoms with Gasteiger partial charge in [0.15, 0.2) is 11.4 Å². The maximum atomic E-state index is 15.4. The predicted octanol–water partition coefficient (Wildman–Crippen LogP) is 3.95. The zero-order chi connectivity index (χ0) is 33.9. The van der Waals surface area contributed by atoms with Crippen molar-refractivity contribution in [3.05, 3.63) is 99.6 Å². The van der Waals surface area contributed by atoms with E-state index in [2.05, 4.69) is 16.0 Å². The standard InChI is InChI=1S/C31H30ClF2N4O8P/c32-22-9-10-23-25(26(22)34)31(46-30(42)37-23)11-2-13-38(17-31)29(41)24(16-18-3-1-4-21(33)15-18)36-28(40)20-7-5-19(6-8-20)27(39)35-12-14-47(43,44)45/h1,3-10,15,24H,2,11-14,16-17H2,(H,35,39)(H,36,40)(H,37,42)(H2,43,44,45). The Morgan fingerprint density at radius 1 is 1.06 bits per heavy atom. The van der Waals surface area contributed by atoms with Gasteiger partial charge in [-0.1, -0.05) is 23.7 Å². The van der Waals surface area contributed by atoms with Gasteiger partial charge in [0.1, 0.15) is 11.9 Å². The Morgan fingerprint density at radius 2 is 1.77 bits per heavy atom. The number of ether oxygens (including phenoxy) is 1. The first-order valence-electron chi connectivity index (χ1n) is 14.5. The lowest BCUT2D eigenvalue weighted by Crippen LogP contribution is -2.57. The number of halogens is 3. The van der Waals surface area contributed by atoms with E-state index >= 15 is 4.39 Å². The summed E-state index contributed by atoms with van der Waals surface area (Å²) in [5.41, 5.74) is -0.742. The summed E-state index contributed by atoms with van der Waals surface area (Å²) in [4.78, 5) is 71.6. The molecule has 16 heteroatoms. The second kappa shape index (κ2) is 13.8. The van der Waals surface area contributed by atoms with Crippen molar-refractivity contribution in [3.8, 4) is 0 Å². The lowest BCUT2D eigenvalue weighted by atomic mass is 9.82. The Morgan fingerprint density at radius 3 is 2.45 bits per heavy atom. The number of likely N-dealkylation sites (tertiary alicyclic amines) is 1. The maximum absolute atomic E-state index is 15.4. The van der Waals surface area contributed by atoms with E-state index in [0.29, 0.717) is 12.0 Å². The van der Waals surface area contributed by atoms with Crippen LogP contribution in [0.15, 0.2) is 60.7 Å². The van der Waals surface area contributed by atoms with Crippen LogP contribution in [0, 0.1) is 11.6 Å². The molecule has 5 rings (SSSR count). The van der Waals surface area contributed by atoms with Crippen LogP contribution >= 0.6 is 19.2 Å². The van der Waals surface area contributed by atoms with Crippen molar-refractivity contribution in [2.45, 2.75) is 30.9 Å². The number of carbonyl (C=O) groups excluding carboxylic acids is 4. The number of rotatable bonds is 9. The molecule has 0 aromatic heterocycles. The Balaban J connectivity index is 1.37. The molecule has 2 unspecified atom stereocenters. The van der Waals surface area contributed by atoms with Crippen LogP contribution < -0.4 is 16.0 Å². The van der Waals surface area contributed by atoms with Crippen molar-refractivity contribution in [2.75, 3.05) is 31.1 Å². The Bertz CT molecular complexity index is 1770. The van der Waals surface area contributed by atoms with E-state index in [1.807, 2.05) is 0 Å². The number of piperidine rings is 1. The zero-order valence-corrected chi connectivity index (χ0v) is 26.3. The van der Waals surface area contributed by atoms with Crippen LogP contribution in [0.3, 0.4) is 0 Å². The third-order valence-electron chi connectivity index (χ3n) is 7.87. The largest absolute Gasteiger partial charge is 0.436 e. The smallest absolute Gasteiger partial charge is 0.412 e. The molecule has 248 valence electrons. The molecular weight excluding hydrogens is 661 g/mol. The van der Waals surface area contributed by atoms with Gasteiger partial charge in [-0.3, -0.25) is 24.3 Å². The van der Waals surface area contributed by atoms with Gasteiger partial charge in [-0.2, -0.15) is 0 Å². The summed E-state index contributed by atoms with van der Waals surface area (Å²) in [6, 6.07) is 12.4. The molecule has 3 aromatic carbocycles. The van der Waals surface area contributed by atoms with Crippen LogP contribution in [0.25, 0.3) is 0 Å². The van der Waals surface area contributed by atoms with E-state index in [0.717, 1.165) is 0 Å². The van der Waals surface area contributed by atoms with E-state index in [4.69, 9.17) is 26.1 Å². The molecule has 5 N–H and O–H groups in total. The fraction of sp³-hybridized carbons (Fsp3) is 0.290. The first-order chi connectivity index (χ1) is 22.2. The Kier molecular flexibility index (Phi) is 9.97. The number of anilines is 1. The van der Waals surface area contributed by atoms with Gasteiger partial charge in [-0.25, -0.2) is 13.6 Å². The molecule has 2 heterocycles. The van der Waals surface area contributed by atoms with Crippen molar-refractivity contribution in [2.24, 2.45) is 0 Å². The fourth-order valence-corrected chi connectivity index (χ4v) is 6.27. The highest BCUT2D eigenvalue weighted by molar-refractivity contribution is 7.51. The summed E-state index contributed by atoms with van der Waals surface area (Å²) in [5.74, 6) is -3.21. The van der Waals surface area contributed by atoms with Crippen LogP contribution in [0.4, 0.5) is 19.3 Å². The molecule has 2 aliphatic rings. The number of carbonyl (C=O) groups is 4. The minimum Gasteiger partial charge on any atom is -0.436 e. The molecule has 0 bridgehead atoms. The second-order valence-electron chi connectivity index (χ2n) is 11.2. The van der Waals surface area contributed by atoms with Crippen molar-refractivity contribution in [3.63, 3.8) is 0 Å². The van der Waals surface area contributed by atoms with E-state index in [1.54, 1.807) is 6.07 Å². The quantitative estimate of drug-likeness (QED) is 0.210. The van der Waals surface area contributed by atoms with E-state index in [-0.39, 0.29) is 59.9 Å². The minimum atomic E-state index is -4.29. The average Bonchev–Trinajstić information content (AvgIpc) is 3.01. The number of fused-ring (bicyclic) bond motifs is 2. The monoisotopic (exact) mass is 690 g/mol. The first-order valence-corrected chi connectivity index (χ1v) is 16.7. The van der Waals surface area contributed by atoms with Gasteiger partial charge in [-0.05, 0) is 66.9 Å². The lowest BCUT2D eigenvalue weighted by Gasteiger charge is -2.45. The second-order valence-corrected chi connectivity index (χ2v) is 13.4. The first kappa shape index (κ1) is 34.0. The molecule has 3 aromatic rings. The van der Waals surface area contributed by atoms with Gasteiger partial charge in [0.25, 0.3) is 11.8 Å². The average molecular weight is 691 g/mol. The maximum Gasteiger partial charge on any atom is 0.412 e. The van der Waals surface area contributed by atoms with E-state index < -0.39 is 60.8 Å². The Labute approximate surface area is 272 Å². The molecule has 2 aliphatic heterocycles. The molecule has 2 atom stereocenters. The molecule has 0 radical (unpaired) electrons. The number of benzene rings is 3. The predicted molar refractivity (Wildman–Crippen MR) is 166 cm³/mol. The summed E-state index contributed by atoms with van der Waals surface area (Å²) in [6.07, 6.45) is -0.939. The highest BCUT2D eigenvalue weighted by atomic mass is 35.5. The van der Waals surface area contributed by atoms with Crippen LogP contribution in [0.5, 0.6) is 0 Å². The molecule has 1 spiro atoms. The minimum absolute atomic E-state index is 0.0127. The molecule has 4 amide bonds. The lowest BCUT2D eigenvalue weighted by molar-refractivity contribution is -0.141. The van der Waals surface area contributed by atoms with E-state index in [1.165, 1.54) is 59.5 Å². The number of hydrogen-bond donors (Lipinski definition) is 5. The van der Waals surface area contributed by atoms with Crippen molar-refractivity contribution in [1.29, 1.82) is 0 Å². The van der Waals surface area contributed by atoms with Crippen molar-refractivity contribution >= 4 is 48.7 Å². The van der Waals surface area contributed by atoms with Crippen LogP contribution in [-0.4, -0.2) is 70.3 Å². The zero-order valence-electron chi connectivity index (χ0n) is 24.7. The normalized spacial score (nSPS) is 18.1. The molecule has 1 saturated heterocycles. The highest BCUT2D eigenvalue weighted by Crippen LogP contribution is 2.45. The number of amides is 4. The summed E-state index contributed by atoms with van der Waals surface area (Å²) in [7, 11) is -4.29. The Hall–Kier alpha value is -4.36. The third kappa shape index (κ3) is 7.96. The van der Waals surface area contributed by atoms with Crippen LogP contribution in [-0.2, 0) is 26.1 Å². The molecule has 0 saturated carbocycles. The summed E-state index contributed by atoms with van der Waals surface area (Å²) in [5, 5.41) is 7.34. The summed E-state index contributed by atoms with van der Waals surface area (Å²) >= 11 is 6.07. The molecular formula is C31H30ClF2N4O8P. The highest BCUT2D eigenvalue weighted by Gasteiger charge is 2.49. The number of hydrogen-bond acceptors (Lipinski definition) is 6. The van der Waals surface area contributed by atoms with Crippen molar-refractivity contribution in [1.82, 2.24) is 15.5 Å². The fourth-order valence-electron chi connectivity index (χ4n) is 5.71. The van der Waals surface area contributed by atoms with Gasteiger partial charge in [-0.15, -0.1) is 0 Å². The van der Waals surface area contributed by atoms with Gasteiger partial charge >= 0.3 is 13.7 Å². The van der Waals surface area contributed by atoms with Crippen molar-refractivity contribution < 1.29 is 47.0 Å². The van der Waals surface area contributed by atoms with Gasteiger partial charge in [0, 0.05) is 30.6 Å². The van der Waals surface area contributed by atoms with Gasteiger partial charge < -0.3 is 30.1 Å². The summed E-state index contributed by atoms with van der Waals surface area (Å²) in [6.45, 7) is -0.288. The van der Waals surface area contributed by atoms with Crippen LogP contribution in [0.1, 0.15) is 44.7 Å². The summed E-state index contributed by atoms with van der Waals surface area (Å²) < 4.78 is 46.1. The number of nitrogens with one attached hydrogen (secondary N) is 3. The molecule has 1 fully saturated rings. The van der Waals surface area contributed by atoms with E-state index in [9.17, 15) is 28.1 Å². The third-order valence-corrected chi connectivity index (χ3v) is 8.97. The molecule has 0 aliphatic carbocycles. The number of nitrogens with zero attached hydrogens (tertiary/aromatic N) is 1. The van der Waals surface area contributed by atoms with Gasteiger partial charge in [0.2, 0.25) is 5.91 Å². The SMILES string of the molecule is O=C1Nc2ccc(Cl)c(F)c2C2(CCCN(C(=O)C(Cc3cccc(F)c3)NC(=O)c3ccc(C(=O)NCCP(=O)(O)O)cc3)C2)O1. The topological polar surface area (TPSA) is 174 Å². The van der Waals surface area contributed by atoms with Gasteiger partial charge in [0.05, 0.1) is 29.0 Å². The molecule has 47 heavy (non-hydrogen) atoms.